The second kappa shape index (κ2) is 57.9. The van der Waals surface area contributed by atoms with E-state index in [0.29, 0.717) is 34.2 Å². The summed E-state index contributed by atoms with van der Waals surface area (Å²) in [6.45, 7) is 13.7. The van der Waals surface area contributed by atoms with Gasteiger partial charge in [0.1, 0.15) is 0 Å². The van der Waals surface area contributed by atoms with E-state index < -0.39 is 58.2 Å². The maximum Gasteiger partial charge on any atom is 3.00 e. The van der Waals surface area contributed by atoms with Crippen LogP contribution in [0, 0.1) is 144 Å². The molecule has 0 N–H and O–H groups in total. The summed E-state index contributed by atoms with van der Waals surface area (Å²) in [6.07, 6.45) is 21.2. The molecule has 38 heteroatoms. The Balaban J connectivity index is 0.000000218. The van der Waals surface area contributed by atoms with Gasteiger partial charge >= 0.3 is 95.2 Å². The number of benzene rings is 8. The molecule has 0 atom stereocenters. The number of aromatic nitrogens is 20. The average molecular weight is 2670 g/mol. The smallest absolute Gasteiger partial charge is 3.00 e. The summed E-state index contributed by atoms with van der Waals surface area (Å²) < 4.78 is 145. The Bertz CT molecular complexity index is 6520. The molecule has 0 unspecified atom stereocenters. The van der Waals surface area contributed by atoms with Crippen LogP contribution < -0.4 is 0 Å². The Morgan fingerprint density at radius 2 is 0.437 bits per heavy atom. The minimum Gasteiger partial charge on any atom is 3.00 e. The van der Waals surface area contributed by atoms with Gasteiger partial charge in [0.25, 0.3) is 0 Å². The number of nitrogens with zero attached hydrogens (tertiary/aromatic N) is 22. The van der Waals surface area contributed by atoms with Crippen LogP contribution in [0.4, 0.5) is 43.9 Å². The Kier molecular flexibility index (Phi) is 46.7. The van der Waals surface area contributed by atoms with E-state index in [9.17, 15) is 43.9 Å². The van der Waals surface area contributed by atoms with E-state index in [0.717, 1.165) is 122 Å². The number of aryl methyl sites for hydroxylation is 10. The molecule has 0 spiro atoms. The fraction of sp³-hybridized carbons (Fsp3) is 0.0962. The molecule has 0 saturated carbocycles. The molecule has 0 fully saturated rings. The standard InChI is InChI=1S/C16H17N4.C14H11F2N4.2C14H13N4.4C11H6F2N.2CN.2ClH.4Ir/c1-11-9-12(2)14(16-6-8-20(4)18-16)10-13(11)15-5-7-19(3)17-15;1-19-5-3-13(17-19)9-7-10(12(16)8-11(9)15)14-4-6-20(2)18-14;2*1-17-8-6-13(15-17)11-4-3-5-12(10-11)14-7-9-18(2)16-14;4*12-8-4-5-9(10(13)7-8)11-3-1-2-6-14-11;2*1-2;;;;;;/h5-9H,1-4H3;3-6,8H,1-2H3;2*3-9H,1-2H3;4*1-4,6-7H;;;2*1H;;;;/q10*-1;;;4*+3/p-2. The minimum atomic E-state index is -0.694. The monoisotopic (exact) mass is 2670 g/mol. The van der Waals surface area contributed by atoms with Crippen LogP contribution in [0.3, 0.4) is 0 Å². The molecule has 142 heavy (non-hydrogen) atoms. The second-order valence-corrected chi connectivity index (χ2v) is 29.1. The van der Waals surface area contributed by atoms with Crippen molar-refractivity contribution in [2.45, 2.75) is 13.8 Å². The summed E-state index contributed by atoms with van der Waals surface area (Å²) in [5, 5.41) is 47.2. The Hall–Kier alpha value is -14.5. The second-order valence-electron chi connectivity index (χ2n) is 29.1. The summed E-state index contributed by atoms with van der Waals surface area (Å²) in [4.78, 5) is 15.8. The molecular weight excluding hydrogens is 2590 g/mol. The van der Waals surface area contributed by atoms with Crippen LogP contribution >= 0.6 is 19.2 Å². The molecule has 724 valence electrons. The van der Waals surface area contributed by atoms with Crippen molar-refractivity contribution in [3.05, 3.63) is 424 Å². The Labute approximate surface area is 869 Å². The molecule has 20 aromatic rings. The first kappa shape index (κ1) is 114. The molecule has 8 aromatic carbocycles. The third-order valence-electron chi connectivity index (χ3n) is 19.0. The molecule has 0 bridgehead atoms. The van der Waals surface area contributed by atoms with Crippen molar-refractivity contribution < 1.29 is 120 Å². The van der Waals surface area contributed by atoms with Gasteiger partial charge in [0.15, 0.2) is 0 Å². The van der Waals surface area contributed by atoms with E-state index in [2.05, 4.69) is 148 Å². The fourth-order valence-corrected chi connectivity index (χ4v) is 12.8. The molecule has 20 rings (SSSR count). The molecule has 0 aliphatic rings. The molecule has 22 nitrogen and oxygen atoms in total. The van der Waals surface area contributed by atoms with Crippen LogP contribution in [0.15, 0.2) is 293 Å². The predicted molar refractivity (Wildman–Crippen MR) is 503 cm³/mol. The molecule has 12 aromatic heterocycles. The number of pyridine rings is 4. The van der Waals surface area contributed by atoms with Crippen LogP contribution in [0.1, 0.15) is 11.1 Å². The predicted octanol–water partition coefficient (Wildman–Crippen LogP) is 22.9. The van der Waals surface area contributed by atoms with Gasteiger partial charge < -0.3 is 43.6 Å². The maximum atomic E-state index is 13.9. The zero-order valence-electron chi connectivity index (χ0n) is 76.4. The molecule has 0 radical (unpaired) electrons. The number of hydrogen-bond donors (Lipinski definition) is 0. The summed E-state index contributed by atoms with van der Waals surface area (Å²) in [6, 6.07) is 81.3. The maximum absolute atomic E-state index is 13.9. The van der Waals surface area contributed by atoms with Gasteiger partial charge in [-0.25, -0.2) is 40.8 Å². The van der Waals surface area contributed by atoms with Crippen molar-refractivity contribution >= 4 is 19.2 Å². The Morgan fingerprint density at radius 1 is 0.239 bits per heavy atom. The summed E-state index contributed by atoms with van der Waals surface area (Å²) in [5.41, 5.74) is 17.6. The van der Waals surface area contributed by atoms with E-state index in [4.69, 9.17) is 23.7 Å². The third-order valence-corrected chi connectivity index (χ3v) is 19.0. The summed E-state index contributed by atoms with van der Waals surface area (Å²) >= 11 is 2.94. The van der Waals surface area contributed by atoms with Crippen molar-refractivity contribution in [3.63, 3.8) is 0 Å². The molecule has 0 saturated heterocycles. The molecule has 0 amide bonds. The van der Waals surface area contributed by atoms with Crippen LogP contribution in [0.25, 0.3) is 135 Å². The van der Waals surface area contributed by atoms with Gasteiger partial charge in [0.05, 0.1) is 11.6 Å². The quantitative estimate of drug-likeness (QED) is 0.0816. The molecular formula is C104H78Cl2F10Ir4N22. The van der Waals surface area contributed by atoms with Gasteiger partial charge in [0, 0.05) is 223 Å². The number of hydrogen-bond acceptors (Lipinski definition) is 14. The normalized spacial score (nSPS) is 9.94. The first-order chi connectivity index (χ1) is 67.6. The van der Waals surface area contributed by atoms with E-state index in [-0.39, 0.29) is 73.6 Å². The molecule has 0 aliphatic carbocycles. The van der Waals surface area contributed by atoms with Crippen molar-refractivity contribution in [2.75, 3.05) is 0 Å². The van der Waals surface area contributed by atoms with Crippen molar-refractivity contribution in [1.82, 2.24) is 98.2 Å². The van der Waals surface area contributed by atoms with Gasteiger partial charge in [-0.2, -0.15) is 0 Å². The largest absolute Gasteiger partial charge is 3.00 e. The Morgan fingerprint density at radius 3 is 0.627 bits per heavy atom. The van der Waals surface area contributed by atoms with E-state index in [1.807, 2.05) is 162 Å². The molecule has 12 heterocycles. The zero-order valence-corrected chi connectivity index (χ0v) is 87.5. The summed E-state index contributed by atoms with van der Waals surface area (Å²) in [5.74, 6) is -6.53. The first-order valence-electron chi connectivity index (χ1n) is 40.9. The third kappa shape index (κ3) is 33.4. The SMILES string of the molecule is Cc1cc(C)c(-c2ccn(C)n2)[c-]c1-c1ccn(C)n1.Cn1ccc(-c2[c-]c(-c3ccn(C)n3)c(F)cc2F)n1.Cn1ccc(-c2[c-]c(-c3ccn(C)n3)ccc2)n1.Cn1ccc(-c2[c-]c(-c3ccn(C)n3)ccc2)n1.Fc1c[c-]c(-c2ccccn2)c(F)c1.Fc1c[c-]c(-c2ccccn2)c(F)c1.Fc1c[c-]c(-c2ccccn2)c(F)c1.Fc1c[c-]c(-c2ccccn2)c(F)c1.[C-]#N.[C-]#N.[Cl][Ir+2].[Cl][Ir+2].[Ir+3].[Ir+3]. The average Bonchev–Trinajstić information content (AvgIpc) is 1.60. The van der Waals surface area contributed by atoms with Crippen molar-refractivity contribution in [2.24, 2.45) is 56.4 Å². The van der Waals surface area contributed by atoms with Gasteiger partial charge in [-0.1, -0.05) is 208 Å². The van der Waals surface area contributed by atoms with Crippen LogP contribution in [0.5, 0.6) is 0 Å². The van der Waals surface area contributed by atoms with E-state index >= 15 is 0 Å². The van der Waals surface area contributed by atoms with Crippen molar-refractivity contribution in [3.8, 4) is 135 Å². The first-order valence-corrected chi connectivity index (χ1v) is 46.9. The number of halogens is 12. The van der Waals surface area contributed by atoms with E-state index in [1.54, 1.807) is 164 Å². The van der Waals surface area contributed by atoms with Gasteiger partial charge in [-0.15, -0.1) is 126 Å². The van der Waals surface area contributed by atoms with E-state index in [1.165, 1.54) is 46.9 Å². The van der Waals surface area contributed by atoms with Gasteiger partial charge in [-0.3, -0.25) is 81.4 Å². The zero-order chi connectivity index (χ0) is 101. The fourth-order valence-electron chi connectivity index (χ4n) is 12.8. The summed E-state index contributed by atoms with van der Waals surface area (Å²) in [7, 11) is 24.2. The van der Waals surface area contributed by atoms with Crippen LogP contribution in [-0.2, 0) is 132 Å². The van der Waals surface area contributed by atoms with Crippen LogP contribution in [0.2, 0.25) is 0 Å². The van der Waals surface area contributed by atoms with Crippen LogP contribution in [-0.4, -0.2) is 98.2 Å². The molecule has 0 aliphatic heterocycles. The minimum absolute atomic E-state index is 0. The van der Waals surface area contributed by atoms with Gasteiger partial charge in [-0.05, 0) is 47.0 Å². The topological polar surface area (TPSA) is 242 Å². The van der Waals surface area contributed by atoms with Gasteiger partial charge in [0.2, 0.25) is 0 Å². The number of rotatable bonds is 12. The van der Waals surface area contributed by atoms with Crippen molar-refractivity contribution in [1.29, 1.82) is 10.5 Å².